The van der Waals surface area contributed by atoms with Crippen LogP contribution in [0.15, 0.2) is 67.1 Å². The third kappa shape index (κ3) is 6.44. The summed E-state index contributed by atoms with van der Waals surface area (Å²) in [6.07, 6.45) is 5.00. The summed E-state index contributed by atoms with van der Waals surface area (Å²) in [5, 5.41) is 15.8. The van der Waals surface area contributed by atoms with Crippen LogP contribution in [0.3, 0.4) is 0 Å². The number of nitrogens with zero attached hydrogens (tertiary/aromatic N) is 5. The van der Waals surface area contributed by atoms with Gasteiger partial charge in [-0.3, -0.25) is 24.2 Å². The highest BCUT2D eigenvalue weighted by Crippen LogP contribution is 2.46. The average molecular weight is 626 g/mol. The molecule has 2 N–H and O–H groups in total. The van der Waals surface area contributed by atoms with E-state index in [1.54, 1.807) is 18.2 Å². The number of fused-ring (bicyclic) bond motifs is 2. The van der Waals surface area contributed by atoms with Gasteiger partial charge >= 0.3 is 0 Å². The molecule has 12 heteroatoms. The standard InChI is InChI=1S/C34H36FN7O4/c1-21(2)16-29(32(45)42-20-34(17-24(42)18-36)25-6-4-5-7-26(25)40-33(34)46)41(3)31(44)27(13-10-22-8-11-23(35)12-9-22)39-30(43)28-19-37-14-15-38-28/h4-9,11-12,14-15,19,21,24,27,29H,10,13,16-17,20H2,1-3H3,(H,39,43)(H,40,46)/t24-,27-,29-,34-/m0/s1. The van der Waals surface area contributed by atoms with Crippen molar-refractivity contribution in [3.8, 4) is 6.07 Å². The van der Waals surface area contributed by atoms with Crippen LogP contribution in [0.1, 0.15) is 54.7 Å². The number of anilines is 1. The molecule has 1 saturated heterocycles. The van der Waals surface area contributed by atoms with E-state index >= 15 is 0 Å². The highest BCUT2D eigenvalue weighted by atomic mass is 19.1. The normalized spacial score (nSPS) is 19.7. The molecule has 0 saturated carbocycles. The molecule has 5 rings (SSSR count). The number of hydrogen-bond donors (Lipinski definition) is 2. The number of hydrogen-bond acceptors (Lipinski definition) is 7. The molecule has 2 aliphatic heterocycles. The smallest absolute Gasteiger partial charge is 0.272 e. The van der Waals surface area contributed by atoms with Crippen molar-refractivity contribution in [1.82, 2.24) is 25.1 Å². The van der Waals surface area contributed by atoms with Crippen molar-refractivity contribution in [2.45, 2.75) is 63.1 Å². The van der Waals surface area contributed by atoms with Crippen LogP contribution in [0.4, 0.5) is 10.1 Å². The molecule has 46 heavy (non-hydrogen) atoms. The summed E-state index contributed by atoms with van der Waals surface area (Å²) in [7, 11) is 1.51. The summed E-state index contributed by atoms with van der Waals surface area (Å²) < 4.78 is 13.5. The molecule has 0 unspecified atom stereocenters. The van der Waals surface area contributed by atoms with Gasteiger partial charge in [0.2, 0.25) is 17.7 Å². The number of nitriles is 1. The van der Waals surface area contributed by atoms with Gasteiger partial charge in [0.15, 0.2) is 0 Å². The zero-order valence-electron chi connectivity index (χ0n) is 25.9. The van der Waals surface area contributed by atoms with Gasteiger partial charge in [0.05, 0.1) is 17.7 Å². The van der Waals surface area contributed by atoms with Crippen molar-refractivity contribution in [2.24, 2.45) is 5.92 Å². The number of benzene rings is 2. The van der Waals surface area contributed by atoms with Crippen molar-refractivity contribution in [1.29, 1.82) is 5.26 Å². The van der Waals surface area contributed by atoms with Gasteiger partial charge in [-0.1, -0.05) is 44.2 Å². The Morgan fingerprint density at radius 3 is 2.59 bits per heavy atom. The summed E-state index contributed by atoms with van der Waals surface area (Å²) >= 11 is 0. The molecule has 3 aromatic rings. The molecule has 4 amide bonds. The van der Waals surface area contributed by atoms with E-state index in [-0.39, 0.29) is 49.1 Å². The van der Waals surface area contributed by atoms with Crippen LogP contribution in [0, 0.1) is 23.1 Å². The maximum Gasteiger partial charge on any atom is 0.272 e. The molecule has 0 radical (unpaired) electrons. The van der Waals surface area contributed by atoms with Crippen molar-refractivity contribution in [2.75, 3.05) is 18.9 Å². The Kier molecular flexibility index (Phi) is 9.41. The van der Waals surface area contributed by atoms with Gasteiger partial charge in [0.25, 0.3) is 5.91 Å². The van der Waals surface area contributed by atoms with Gasteiger partial charge in [-0.15, -0.1) is 0 Å². The lowest BCUT2D eigenvalue weighted by molar-refractivity contribution is -0.146. The molecule has 1 spiro atoms. The molecule has 2 aromatic carbocycles. The van der Waals surface area contributed by atoms with Crippen molar-refractivity contribution >= 4 is 29.3 Å². The molecule has 11 nitrogen and oxygen atoms in total. The summed E-state index contributed by atoms with van der Waals surface area (Å²) in [6, 6.07) is 12.4. The number of aryl methyl sites for hydroxylation is 1. The number of likely N-dealkylation sites (N-methyl/N-ethyl adjacent to an activating group) is 1. The summed E-state index contributed by atoms with van der Waals surface area (Å²) in [6.45, 7) is 3.85. The number of likely N-dealkylation sites (tertiary alicyclic amines) is 1. The highest BCUT2D eigenvalue weighted by Gasteiger charge is 2.56. The minimum atomic E-state index is -1.07. The van der Waals surface area contributed by atoms with Crippen LogP contribution in [0.2, 0.25) is 0 Å². The van der Waals surface area contributed by atoms with E-state index in [1.165, 1.54) is 47.6 Å². The molecule has 3 heterocycles. The van der Waals surface area contributed by atoms with Gasteiger partial charge < -0.3 is 20.4 Å². The Morgan fingerprint density at radius 2 is 1.91 bits per heavy atom. The summed E-state index contributed by atoms with van der Waals surface area (Å²) in [5.74, 6) is -2.22. The quantitative estimate of drug-likeness (QED) is 0.352. The zero-order valence-corrected chi connectivity index (χ0v) is 25.9. The van der Waals surface area contributed by atoms with Crippen molar-refractivity contribution < 1.29 is 23.6 Å². The molecule has 4 atom stereocenters. The van der Waals surface area contributed by atoms with E-state index < -0.39 is 41.3 Å². The van der Waals surface area contributed by atoms with E-state index in [4.69, 9.17) is 0 Å². The molecule has 2 aliphatic rings. The first-order valence-electron chi connectivity index (χ1n) is 15.2. The molecule has 0 aliphatic carbocycles. The molecule has 238 valence electrons. The van der Waals surface area contributed by atoms with E-state index in [1.807, 2.05) is 32.0 Å². The third-order valence-corrected chi connectivity index (χ3v) is 8.74. The predicted molar refractivity (Wildman–Crippen MR) is 167 cm³/mol. The second kappa shape index (κ2) is 13.4. The fourth-order valence-electron chi connectivity index (χ4n) is 6.32. The second-order valence-corrected chi connectivity index (χ2v) is 12.3. The van der Waals surface area contributed by atoms with Crippen molar-refractivity contribution in [3.05, 3.63) is 89.8 Å². The lowest BCUT2D eigenvalue weighted by Gasteiger charge is -2.35. The number of aromatic nitrogens is 2. The number of carbonyl (C=O) groups is 4. The summed E-state index contributed by atoms with van der Waals surface area (Å²) in [5.41, 5.74) is 1.12. The number of halogens is 1. The average Bonchev–Trinajstić information content (AvgIpc) is 3.59. The van der Waals surface area contributed by atoms with Crippen LogP contribution < -0.4 is 10.6 Å². The predicted octanol–water partition coefficient (Wildman–Crippen LogP) is 3.23. The fraction of sp³-hybridized carbons (Fsp3) is 0.382. The number of amides is 4. The maximum atomic E-state index is 14.3. The zero-order chi connectivity index (χ0) is 33.0. The Labute approximate surface area is 266 Å². The SMILES string of the molecule is CC(C)C[C@@H](C(=O)N1C[C@]2(C[C@H]1C#N)C(=O)Nc1ccccc12)N(C)C(=O)[C@H](CCc1ccc(F)cc1)NC(=O)c1cnccn1. The second-order valence-electron chi connectivity index (χ2n) is 12.3. The van der Waals surface area contributed by atoms with Crippen LogP contribution >= 0.6 is 0 Å². The number of nitrogens with one attached hydrogen (secondary N) is 2. The van der Waals surface area contributed by atoms with E-state index in [9.17, 15) is 28.8 Å². The minimum Gasteiger partial charge on any atom is -0.339 e. The molecule has 0 bridgehead atoms. The Bertz CT molecular complexity index is 1660. The largest absolute Gasteiger partial charge is 0.339 e. The van der Waals surface area contributed by atoms with Gasteiger partial charge in [-0.25, -0.2) is 9.37 Å². The first kappa shape index (κ1) is 32.2. The van der Waals surface area contributed by atoms with Gasteiger partial charge in [-0.05, 0) is 54.5 Å². The molecular formula is C34H36FN7O4. The van der Waals surface area contributed by atoms with Crippen LogP contribution in [-0.2, 0) is 26.2 Å². The van der Waals surface area contributed by atoms with Gasteiger partial charge in [0.1, 0.15) is 29.6 Å². The lowest BCUT2D eigenvalue weighted by atomic mass is 9.80. The van der Waals surface area contributed by atoms with Crippen molar-refractivity contribution in [3.63, 3.8) is 0 Å². The highest BCUT2D eigenvalue weighted by molar-refractivity contribution is 6.07. The molecular weight excluding hydrogens is 589 g/mol. The Balaban J connectivity index is 1.41. The molecule has 1 fully saturated rings. The Morgan fingerprint density at radius 1 is 1.17 bits per heavy atom. The first-order valence-corrected chi connectivity index (χ1v) is 15.2. The van der Waals surface area contributed by atoms with Crippen LogP contribution in [-0.4, -0.2) is 75.1 Å². The fourth-order valence-corrected chi connectivity index (χ4v) is 6.32. The number of rotatable bonds is 10. The third-order valence-electron chi connectivity index (χ3n) is 8.74. The topological polar surface area (TPSA) is 148 Å². The van der Waals surface area contributed by atoms with Crippen LogP contribution in [0.25, 0.3) is 0 Å². The monoisotopic (exact) mass is 625 g/mol. The lowest BCUT2D eigenvalue weighted by Crippen LogP contribution is -2.56. The maximum absolute atomic E-state index is 14.3. The van der Waals surface area contributed by atoms with Gasteiger partial charge in [0, 0.05) is 38.1 Å². The van der Waals surface area contributed by atoms with E-state index in [0.717, 1.165) is 11.1 Å². The number of para-hydroxylation sites is 1. The summed E-state index contributed by atoms with van der Waals surface area (Å²) in [4.78, 5) is 65.6. The molecule has 1 aromatic heterocycles. The Hall–Kier alpha value is -5.18. The minimum absolute atomic E-state index is 0.000933. The van der Waals surface area contributed by atoms with Crippen LogP contribution in [0.5, 0.6) is 0 Å². The van der Waals surface area contributed by atoms with E-state index in [0.29, 0.717) is 12.1 Å². The number of carbonyl (C=O) groups excluding carboxylic acids is 4. The first-order chi connectivity index (χ1) is 22.0. The van der Waals surface area contributed by atoms with E-state index in [2.05, 4.69) is 26.7 Å². The van der Waals surface area contributed by atoms with Gasteiger partial charge in [-0.2, -0.15) is 5.26 Å².